The molecule has 0 unspecified atom stereocenters. The molecule has 0 aromatic heterocycles. The first-order valence-corrected chi connectivity index (χ1v) is 8.92. The molecule has 0 heterocycles. The Hall–Kier alpha value is -3.47. The summed E-state index contributed by atoms with van der Waals surface area (Å²) in [4.78, 5) is 24.8. The van der Waals surface area contributed by atoms with Crippen molar-refractivity contribution in [1.29, 1.82) is 0 Å². The Labute approximate surface area is 162 Å². The molecule has 0 radical (unpaired) electrons. The highest BCUT2D eigenvalue weighted by Gasteiger charge is 2.27. The number of carbonyl (C=O) groups is 2. The normalized spacial score (nSPS) is 11.8. The number of hydrogen-bond donors (Lipinski definition) is 2. The molecule has 2 N–H and O–H groups in total. The highest BCUT2D eigenvalue weighted by molar-refractivity contribution is 5.90. The van der Waals surface area contributed by atoms with E-state index in [2.05, 4.69) is 5.32 Å². The lowest BCUT2D eigenvalue weighted by atomic mass is 9.90. The first-order valence-electron chi connectivity index (χ1n) is 8.92. The molecule has 142 valence electrons. The molecule has 0 aliphatic heterocycles. The van der Waals surface area contributed by atoms with Gasteiger partial charge < -0.3 is 10.4 Å². The number of carboxylic acid groups (broad SMARTS) is 1. The van der Waals surface area contributed by atoms with Gasteiger partial charge in [0.1, 0.15) is 11.9 Å². The summed E-state index contributed by atoms with van der Waals surface area (Å²) in [7, 11) is 0. The number of rotatable bonds is 7. The van der Waals surface area contributed by atoms with Crippen molar-refractivity contribution < 1.29 is 19.1 Å². The number of nitrogens with one attached hydrogen (secondary N) is 1. The third kappa shape index (κ3) is 4.82. The number of carboxylic acids is 1. The predicted octanol–water partition coefficient (Wildman–Crippen LogP) is 3.77. The van der Waals surface area contributed by atoms with Crippen LogP contribution < -0.4 is 5.32 Å². The smallest absolute Gasteiger partial charge is 0.326 e. The van der Waals surface area contributed by atoms with Gasteiger partial charge in [-0.25, -0.2) is 9.18 Å². The monoisotopic (exact) mass is 377 g/mol. The topological polar surface area (TPSA) is 66.4 Å². The number of hydrogen-bond acceptors (Lipinski definition) is 2. The van der Waals surface area contributed by atoms with E-state index in [-0.39, 0.29) is 6.42 Å². The molecule has 28 heavy (non-hydrogen) atoms. The SMILES string of the molecule is O=C(N[C@@H](Cc1cccc(F)c1)C(=O)O)C(c1ccccc1)c1ccccc1. The Morgan fingerprint density at radius 3 is 1.93 bits per heavy atom. The molecular weight excluding hydrogens is 357 g/mol. The zero-order chi connectivity index (χ0) is 19.9. The van der Waals surface area contributed by atoms with E-state index in [1.165, 1.54) is 18.2 Å². The first-order chi connectivity index (χ1) is 13.5. The minimum atomic E-state index is -1.17. The van der Waals surface area contributed by atoms with Crippen molar-refractivity contribution in [2.24, 2.45) is 0 Å². The average molecular weight is 377 g/mol. The van der Waals surface area contributed by atoms with E-state index in [0.29, 0.717) is 5.56 Å². The van der Waals surface area contributed by atoms with Crippen LogP contribution in [0.4, 0.5) is 4.39 Å². The lowest BCUT2D eigenvalue weighted by Gasteiger charge is -2.21. The summed E-state index contributed by atoms with van der Waals surface area (Å²) in [5, 5.41) is 12.2. The zero-order valence-corrected chi connectivity index (χ0v) is 15.1. The van der Waals surface area contributed by atoms with Gasteiger partial charge in [0.2, 0.25) is 5.91 Å². The minimum Gasteiger partial charge on any atom is -0.480 e. The molecule has 1 amide bonds. The summed E-state index contributed by atoms with van der Waals surface area (Å²) in [6.45, 7) is 0. The molecule has 0 aliphatic carbocycles. The third-order valence-corrected chi connectivity index (χ3v) is 4.47. The summed E-state index contributed by atoms with van der Waals surface area (Å²) in [6, 6.07) is 22.9. The van der Waals surface area contributed by atoms with Crippen molar-refractivity contribution in [3.05, 3.63) is 107 Å². The number of aliphatic carboxylic acids is 1. The van der Waals surface area contributed by atoms with E-state index in [4.69, 9.17) is 0 Å². The second-order valence-corrected chi connectivity index (χ2v) is 6.49. The average Bonchev–Trinajstić information content (AvgIpc) is 2.69. The van der Waals surface area contributed by atoms with Gasteiger partial charge in [-0.15, -0.1) is 0 Å². The molecule has 0 saturated heterocycles. The maximum atomic E-state index is 13.4. The van der Waals surface area contributed by atoms with Crippen LogP contribution in [0, 0.1) is 5.82 Å². The van der Waals surface area contributed by atoms with Gasteiger partial charge in [0, 0.05) is 6.42 Å². The fourth-order valence-corrected chi connectivity index (χ4v) is 3.14. The van der Waals surface area contributed by atoms with Crippen molar-refractivity contribution in [3.63, 3.8) is 0 Å². The number of carbonyl (C=O) groups excluding carboxylic acids is 1. The molecule has 3 aromatic rings. The van der Waals surface area contributed by atoms with Crippen LogP contribution in [0.5, 0.6) is 0 Å². The largest absolute Gasteiger partial charge is 0.480 e. The van der Waals surface area contributed by atoms with E-state index < -0.39 is 29.7 Å². The van der Waals surface area contributed by atoms with Crippen LogP contribution in [0.3, 0.4) is 0 Å². The summed E-state index contributed by atoms with van der Waals surface area (Å²) in [6.07, 6.45) is -0.00483. The molecule has 3 rings (SSSR count). The lowest BCUT2D eigenvalue weighted by Crippen LogP contribution is -2.44. The van der Waals surface area contributed by atoms with Gasteiger partial charge in [-0.3, -0.25) is 4.79 Å². The van der Waals surface area contributed by atoms with Gasteiger partial charge in [-0.2, -0.15) is 0 Å². The Balaban J connectivity index is 1.86. The van der Waals surface area contributed by atoms with Gasteiger partial charge in [-0.1, -0.05) is 72.8 Å². The molecule has 3 aromatic carbocycles. The summed E-state index contributed by atoms with van der Waals surface area (Å²) in [5.41, 5.74) is 2.03. The van der Waals surface area contributed by atoms with Crippen LogP contribution in [0.15, 0.2) is 84.9 Å². The van der Waals surface area contributed by atoms with E-state index in [0.717, 1.165) is 11.1 Å². The van der Waals surface area contributed by atoms with Crippen molar-refractivity contribution in [3.8, 4) is 0 Å². The predicted molar refractivity (Wildman–Crippen MR) is 104 cm³/mol. The summed E-state index contributed by atoms with van der Waals surface area (Å²) in [5.74, 6) is -2.67. The van der Waals surface area contributed by atoms with Gasteiger partial charge in [0.05, 0.1) is 5.92 Å². The molecule has 5 heteroatoms. The molecule has 1 atom stereocenters. The van der Waals surface area contributed by atoms with Crippen LogP contribution in [0.2, 0.25) is 0 Å². The van der Waals surface area contributed by atoms with Crippen LogP contribution >= 0.6 is 0 Å². The molecule has 4 nitrogen and oxygen atoms in total. The van der Waals surface area contributed by atoms with Crippen LogP contribution in [0.1, 0.15) is 22.6 Å². The Morgan fingerprint density at radius 1 is 0.857 bits per heavy atom. The van der Waals surface area contributed by atoms with Crippen LogP contribution in [-0.2, 0) is 16.0 Å². The highest BCUT2D eigenvalue weighted by Crippen LogP contribution is 2.25. The zero-order valence-electron chi connectivity index (χ0n) is 15.1. The van der Waals surface area contributed by atoms with Crippen molar-refractivity contribution in [1.82, 2.24) is 5.32 Å². The molecule has 0 spiro atoms. The van der Waals surface area contributed by atoms with E-state index in [1.807, 2.05) is 60.7 Å². The second kappa shape index (κ2) is 8.95. The van der Waals surface area contributed by atoms with Crippen molar-refractivity contribution >= 4 is 11.9 Å². The lowest BCUT2D eigenvalue weighted by molar-refractivity contribution is -0.141. The fraction of sp³-hybridized carbons (Fsp3) is 0.130. The first kappa shape index (κ1) is 19.3. The maximum Gasteiger partial charge on any atom is 0.326 e. The summed E-state index contributed by atoms with van der Waals surface area (Å²) >= 11 is 0. The number of benzene rings is 3. The quantitative estimate of drug-likeness (QED) is 0.659. The Kier molecular flexibility index (Phi) is 6.17. The minimum absolute atomic E-state index is 0.00483. The van der Waals surface area contributed by atoms with E-state index in [9.17, 15) is 19.1 Å². The van der Waals surface area contributed by atoms with Gasteiger partial charge in [-0.05, 0) is 28.8 Å². The molecule has 0 saturated carbocycles. The highest BCUT2D eigenvalue weighted by atomic mass is 19.1. The van der Waals surface area contributed by atoms with E-state index in [1.54, 1.807) is 6.07 Å². The molecular formula is C23H20FNO3. The Bertz CT molecular complexity index is 905. The van der Waals surface area contributed by atoms with Gasteiger partial charge >= 0.3 is 5.97 Å². The van der Waals surface area contributed by atoms with Gasteiger partial charge in [0.15, 0.2) is 0 Å². The third-order valence-electron chi connectivity index (χ3n) is 4.47. The van der Waals surface area contributed by atoms with Crippen molar-refractivity contribution in [2.45, 2.75) is 18.4 Å². The number of amides is 1. The fourth-order valence-electron chi connectivity index (χ4n) is 3.14. The number of halogens is 1. The molecule has 0 bridgehead atoms. The van der Waals surface area contributed by atoms with Crippen molar-refractivity contribution in [2.75, 3.05) is 0 Å². The Morgan fingerprint density at radius 2 is 1.43 bits per heavy atom. The molecule has 0 fully saturated rings. The van der Waals surface area contributed by atoms with E-state index >= 15 is 0 Å². The molecule has 0 aliphatic rings. The summed E-state index contributed by atoms with van der Waals surface area (Å²) < 4.78 is 13.4. The van der Waals surface area contributed by atoms with Gasteiger partial charge in [0.25, 0.3) is 0 Å². The maximum absolute atomic E-state index is 13.4. The second-order valence-electron chi connectivity index (χ2n) is 6.49. The van der Waals surface area contributed by atoms with Crippen LogP contribution in [0.25, 0.3) is 0 Å². The van der Waals surface area contributed by atoms with Crippen LogP contribution in [-0.4, -0.2) is 23.0 Å². The standard InChI is InChI=1S/C23H20FNO3/c24-19-13-7-8-16(14-19)15-20(23(27)28)25-22(26)21(17-9-3-1-4-10-17)18-11-5-2-6-12-18/h1-14,20-21H,15H2,(H,25,26)(H,27,28)/t20-/m0/s1.